The molecule has 1 heterocycles. The van der Waals surface area contributed by atoms with Crippen LogP contribution < -0.4 is 0 Å². The van der Waals surface area contributed by atoms with Gasteiger partial charge in [-0.15, -0.1) is 0 Å². The Bertz CT molecular complexity index is 91.1. The third-order valence-electron chi connectivity index (χ3n) is 2.46. The van der Waals surface area contributed by atoms with E-state index in [4.69, 9.17) is 0 Å². The van der Waals surface area contributed by atoms with Crippen molar-refractivity contribution in [2.24, 2.45) is 0 Å². The van der Waals surface area contributed by atoms with Crippen LogP contribution in [0.4, 0.5) is 0 Å². The summed E-state index contributed by atoms with van der Waals surface area (Å²) in [6.07, 6.45) is 1.30. The van der Waals surface area contributed by atoms with Crippen LogP contribution in [0.1, 0.15) is 20.3 Å². The molecule has 2 atom stereocenters. The molecule has 1 rings (SSSR count). The third-order valence-corrected chi connectivity index (χ3v) is 2.46. The quantitative estimate of drug-likeness (QED) is 0.479. The topological polar surface area (TPSA) is 6.48 Å². The molecule has 1 saturated heterocycles. The van der Waals surface area contributed by atoms with E-state index >= 15 is 0 Å². The molecule has 1 aliphatic rings. The summed E-state index contributed by atoms with van der Waals surface area (Å²) in [4.78, 5) is 0. The van der Waals surface area contributed by atoms with Crippen molar-refractivity contribution in [3.8, 4) is 0 Å². The molecule has 9 heavy (non-hydrogen) atoms. The predicted octanol–water partition coefficient (Wildman–Crippen LogP) is 0.946. The molecule has 0 saturated carbocycles. The molecule has 54 valence electrons. The van der Waals surface area contributed by atoms with E-state index in [9.17, 15) is 0 Å². The van der Waals surface area contributed by atoms with Gasteiger partial charge in [-0.05, 0) is 20.3 Å². The summed E-state index contributed by atoms with van der Waals surface area (Å²) in [7, 11) is 4.29. The van der Waals surface area contributed by atoms with Crippen LogP contribution in [-0.4, -0.2) is 36.2 Å². The molecule has 1 aliphatic heterocycles. The van der Waals surface area contributed by atoms with Crippen LogP contribution in [0.5, 0.6) is 0 Å². The van der Waals surface area contributed by atoms with Gasteiger partial charge in [-0.2, -0.15) is 0 Å². The molecule has 2 heteroatoms. The SMILES string of the molecule is C[C@@H]1C[C@@H](C)N(C)N1C. The summed E-state index contributed by atoms with van der Waals surface area (Å²) in [5.41, 5.74) is 0. The lowest BCUT2D eigenvalue weighted by atomic mass is 10.2. The molecule has 0 radical (unpaired) electrons. The van der Waals surface area contributed by atoms with Gasteiger partial charge in [0.1, 0.15) is 0 Å². The molecule has 0 aromatic carbocycles. The fourth-order valence-corrected chi connectivity index (χ4v) is 1.42. The summed E-state index contributed by atoms with van der Waals surface area (Å²) in [5.74, 6) is 0. The van der Waals surface area contributed by atoms with E-state index in [1.54, 1.807) is 0 Å². The summed E-state index contributed by atoms with van der Waals surface area (Å²) >= 11 is 0. The van der Waals surface area contributed by atoms with Gasteiger partial charge >= 0.3 is 0 Å². The zero-order valence-electron chi connectivity index (χ0n) is 6.76. The Labute approximate surface area is 57.4 Å². The lowest BCUT2D eigenvalue weighted by Crippen LogP contribution is -2.35. The zero-order chi connectivity index (χ0) is 7.02. The highest BCUT2D eigenvalue weighted by Gasteiger charge is 2.27. The van der Waals surface area contributed by atoms with Gasteiger partial charge in [-0.3, -0.25) is 0 Å². The van der Waals surface area contributed by atoms with Gasteiger partial charge in [0.2, 0.25) is 0 Å². The second-order valence-electron chi connectivity index (χ2n) is 3.08. The molecule has 0 aromatic heterocycles. The van der Waals surface area contributed by atoms with Crippen molar-refractivity contribution < 1.29 is 0 Å². The van der Waals surface area contributed by atoms with Gasteiger partial charge in [0, 0.05) is 26.2 Å². The van der Waals surface area contributed by atoms with Gasteiger partial charge < -0.3 is 0 Å². The van der Waals surface area contributed by atoms with Crippen LogP contribution in [0.2, 0.25) is 0 Å². The summed E-state index contributed by atoms with van der Waals surface area (Å²) in [6.45, 7) is 4.53. The molecule has 0 amide bonds. The Balaban J connectivity index is 2.54. The van der Waals surface area contributed by atoms with Gasteiger partial charge in [-0.25, -0.2) is 10.0 Å². The number of rotatable bonds is 0. The maximum atomic E-state index is 2.30. The first-order chi connectivity index (χ1) is 4.13. The minimum atomic E-state index is 0.727. The lowest BCUT2D eigenvalue weighted by molar-refractivity contribution is 0.0357. The normalized spacial score (nSPS) is 40.0. The van der Waals surface area contributed by atoms with Crippen LogP contribution in [0.3, 0.4) is 0 Å². The van der Waals surface area contributed by atoms with Crippen molar-refractivity contribution in [2.75, 3.05) is 14.1 Å². The summed E-state index contributed by atoms with van der Waals surface area (Å²) < 4.78 is 0. The lowest BCUT2D eigenvalue weighted by Gasteiger charge is -2.24. The van der Waals surface area contributed by atoms with Crippen molar-refractivity contribution in [2.45, 2.75) is 32.4 Å². The van der Waals surface area contributed by atoms with Crippen LogP contribution in [0.25, 0.3) is 0 Å². The molecule has 0 spiro atoms. The summed E-state index contributed by atoms with van der Waals surface area (Å²) in [6, 6.07) is 1.45. The van der Waals surface area contributed by atoms with Gasteiger partial charge in [0.05, 0.1) is 0 Å². The Morgan fingerprint density at radius 2 is 1.33 bits per heavy atom. The van der Waals surface area contributed by atoms with Crippen molar-refractivity contribution in [3.63, 3.8) is 0 Å². The van der Waals surface area contributed by atoms with Gasteiger partial charge in [0.25, 0.3) is 0 Å². The minimum Gasteiger partial charge on any atom is -0.242 e. The molecule has 0 N–H and O–H groups in total. The zero-order valence-corrected chi connectivity index (χ0v) is 6.76. The van der Waals surface area contributed by atoms with Crippen LogP contribution in [-0.2, 0) is 0 Å². The molecule has 1 fully saturated rings. The van der Waals surface area contributed by atoms with E-state index in [-0.39, 0.29) is 0 Å². The monoisotopic (exact) mass is 128 g/mol. The molecule has 0 aromatic rings. The smallest absolute Gasteiger partial charge is 0.0229 e. The molecule has 2 nitrogen and oxygen atoms in total. The van der Waals surface area contributed by atoms with E-state index in [1.807, 2.05) is 0 Å². The second-order valence-corrected chi connectivity index (χ2v) is 3.08. The second kappa shape index (κ2) is 2.27. The molecular weight excluding hydrogens is 112 g/mol. The molecule has 0 bridgehead atoms. The van der Waals surface area contributed by atoms with Gasteiger partial charge in [0.15, 0.2) is 0 Å². The average molecular weight is 128 g/mol. The first-order valence-corrected chi connectivity index (χ1v) is 3.58. The number of hydrogen-bond donors (Lipinski definition) is 0. The molecular formula is C7H16N2. The summed E-state index contributed by atoms with van der Waals surface area (Å²) in [5, 5.41) is 4.59. The first-order valence-electron chi connectivity index (χ1n) is 3.58. The standard InChI is InChI=1S/C7H16N2/c1-6-5-7(2)9(4)8(6)3/h6-7H,5H2,1-4H3/t6-,7-/m1/s1. The first kappa shape index (κ1) is 7.03. The minimum absolute atomic E-state index is 0.727. The van der Waals surface area contributed by atoms with Crippen LogP contribution in [0.15, 0.2) is 0 Å². The fourth-order valence-electron chi connectivity index (χ4n) is 1.42. The van der Waals surface area contributed by atoms with E-state index in [1.165, 1.54) is 6.42 Å². The number of hydrogen-bond acceptors (Lipinski definition) is 2. The van der Waals surface area contributed by atoms with Crippen molar-refractivity contribution in [1.29, 1.82) is 0 Å². The maximum Gasteiger partial charge on any atom is 0.0229 e. The highest BCUT2D eigenvalue weighted by Crippen LogP contribution is 2.19. The van der Waals surface area contributed by atoms with E-state index in [2.05, 4.69) is 38.0 Å². The fraction of sp³-hybridized carbons (Fsp3) is 1.00. The van der Waals surface area contributed by atoms with Crippen LogP contribution >= 0.6 is 0 Å². The largest absolute Gasteiger partial charge is 0.242 e. The van der Waals surface area contributed by atoms with Crippen molar-refractivity contribution in [3.05, 3.63) is 0 Å². The number of nitrogens with zero attached hydrogens (tertiary/aromatic N) is 2. The van der Waals surface area contributed by atoms with E-state index in [0.29, 0.717) is 0 Å². The predicted molar refractivity (Wildman–Crippen MR) is 39.1 cm³/mol. The molecule has 0 aliphatic carbocycles. The average Bonchev–Trinajstić information content (AvgIpc) is 1.98. The Kier molecular flexibility index (Phi) is 1.78. The Morgan fingerprint density at radius 3 is 1.44 bits per heavy atom. The Hall–Kier alpha value is -0.0800. The van der Waals surface area contributed by atoms with E-state index < -0.39 is 0 Å². The van der Waals surface area contributed by atoms with E-state index in [0.717, 1.165) is 12.1 Å². The van der Waals surface area contributed by atoms with Gasteiger partial charge in [-0.1, -0.05) is 0 Å². The third kappa shape index (κ3) is 1.10. The Morgan fingerprint density at radius 1 is 1.00 bits per heavy atom. The van der Waals surface area contributed by atoms with Crippen LogP contribution in [0, 0.1) is 0 Å². The highest BCUT2D eigenvalue weighted by molar-refractivity contribution is 4.77. The highest BCUT2D eigenvalue weighted by atomic mass is 15.6. The molecule has 0 unspecified atom stereocenters. The van der Waals surface area contributed by atoms with Crippen molar-refractivity contribution >= 4 is 0 Å². The maximum absolute atomic E-state index is 2.30. The van der Waals surface area contributed by atoms with Crippen molar-refractivity contribution in [1.82, 2.24) is 10.0 Å². The number of hydrazine groups is 1.